The maximum absolute atomic E-state index is 10.6. The minimum absolute atomic E-state index is 0.135. The zero-order valence-corrected chi connectivity index (χ0v) is 10.6. The molecule has 1 rings (SSSR count). The van der Waals surface area contributed by atoms with Gasteiger partial charge < -0.3 is 15.2 Å². The van der Waals surface area contributed by atoms with Gasteiger partial charge in [0, 0.05) is 0 Å². The van der Waals surface area contributed by atoms with Crippen LogP contribution in [0.4, 0.5) is 5.69 Å². The molecule has 0 saturated carbocycles. The SMILES string of the molecule is [B]C[C@H](O)c1ccc(OCCCC)c(NC=O)c1. The Kier molecular flexibility index (Phi) is 6.29. The Labute approximate surface area is 109 Å². The van der Waals surface area contributed by atoms with Crippen molar-refractivity contribution in [3.63, 3.8) is 0 Å². The molecule has 2 N–H and O–H groups in total. The van der Waals surface area contributed by atoms with Crippen molar-refractivity contribution in [3.05, 3.63) is 23.8 Å². The lowest BCUT2D eigenvalue weighted by Gasteiger charge is -2.14. The highest BCUT2D eigenvalue weighted by Gasteiger charge is 2.09. The number of hydrogen-bond donors (Lipinski definition) is 2. The number of carbonyl (C=O) groups is 1. The summed E-state index contributed by atoms with van der Waals surface area (Å²) in [6.07, 6.45) is 1.98. The first-order valence-electron chi connectivity index (χ1n) is 6.08. The predicted molar refractivity (Wildman–Crippen MR) is 72.1 cm³/mol. The van der Waals surface area contributed by atoms with Crippen LogP contribution in [0.5, 0.6) is 5.75 Å². The van der Waals surface area contributed by atoms with Gasteiger partial charge in [0.25, 0.3) is 0 Å². The van der Waals surface area contributed by atoms with Crippen LogP contribution in [-0.4, -0.2) is 26.0 Å². The fourth-order valence-electron chi connectivity index (χ4n) is 1.52. The molecule has 1 atom stereocenters. The molecule has 5 heteroatoms. The summed E-state index contributed by atoms with van der Waals surface area (Å²) < 4.78 is 5.56. The average molecular weight is 247 g/mol. The van der Waals surface area contributed by atoms with Crippen LogP contribution in [0.15, 0.2) is 18.2 Å². The lowest BCUT2D eigenvalue weighted by atomic mass is 9.94. The molecule has 0 aromatic heterocycles. The fourth-order valence-corrected chi connectivity index (χ4v) is 1.52. The first-order valence-corrected chi connectivity index (χ1v) is 6.08. The van der Waals surface area contributed by atoms with Crippen molar-refractivity contribution in [2.24, 2.45) is 0 Å². The third-order valence-electron chi connectivity index (χ3n) is 2.58. The van der Waals surface area contributed by atoms with Crippen LogP contribution in [0.25, 0.3) is 0 Å². The zero-order chi connectivity index (χ0) is 13.4. The Morgan fingerprint density at radius 2 is 2.33 bits per heavy atom. The highest BCUT2D eigenvalue weighted by Crippen LogP contribution is 2.29. The maximum Gasteiger partial charge on any atom is 0.211 e. The summed E-state index contributed by atoms with van der Waals surface area (Å²) in [5.41, 5.74) is 1.20. The molecule has 0 spiro atoms. The summed E-state index contributed by atoms with van der Waals surface area (Å²) >= 11 is 0. The smallest absolute Gasteiger partial charge is 0.211 e. The Hall–Kier alpha value is -1.49. The minimum atomic E-state index is -0.734. The van der Waals surface area contributed by atoms with Gasteiger partial charge in [0.15, 0.2) is 0 Å². The number of anilines is 1. The van der Waals surface area contributed by atoms with Gasteiger partial charge >= 0.3 is 0 Å². The molecule has 0 unspecified atom stereocenters. The largest absolute Gasteiger partial charge is 0.491 e. The number of carbonyl (C=O) groups excluding carboxylic acids is 1. The number of ether oxygens (including phenoxy) is 1. The minimum Gasteiger partial charge on any atom is -0.491 e. The molecule has 1 aromatic carbocycles. The second-order valence-electron chi connectivity index (χ2n) is 3.97. The average Bonchev–Trinajstić information content (AvgIpc) is 2.40. The van der Waals surface area contributed by atoms with Crippen molar-refractivity contribution in [2.45, 2.75) is 32.2 Å². The summed E-state index contributed by atoms with van der Waals surface area (Å²) in [6.45, 7) is 2.68. The van der Waals surface area contributed by atoms with Crippen molar-refractivity contribution in [2.75, 3.05) is 11.9 Å². The standard InChI is InChI=1S/C13H18BNO3/c1-2-3-6-18-13-5-4-10(12(17)8-14)7-11(13)15-9-16/h4-5,7,9,12,17H,2-3,6,8H2,1H3,(H,15,16)/t12-/m0/s1. The number of aliphatic hydroxyl groups is 1. The first-order chi connectivity index (χ1) is 8.72. The number of aliphatic hydroxyl groups excluding tert-OH is 1. The lowest BCUT2D eigenvalue weighted by Crippen LogP contribution is -2.04. The molecule has 0 aliphatic carbocycles. The molecule has 1 amide bonds. The number of nitrogens with one attached hydrogen (secondary N) is 1. The van der Waals surface area contributed by atoms with Crippen molar-refractivity contribution >= 4 is 19.9 Å². The fraction of sp³-hybridized carbons (Fsp3) is 0.462. The van der Waals surface area contributed by atoms with Crippen LogP contribution >= 0.6 is 0 Å². The normalized spacial score (nSPS) is 11.9. The molecular weight excluding hydrogens is 229 g/mol. The number of unbranched alkanes of at least 4 members (excludes halogenated alkanes) is 1. The van der Waals surface area contributed by atoms with Gasteiger partial charge in [-0.3, -0.25) is 4.79 Å². The number of hydrogen-bond acceptors (Lipinski definition) is 3. The zero-order valence-electron chi connectivity index (χ0n) is 10.6. The van der Waals surface area contributed by atoms with Crippen LogP contribution in [0.2, 0.25) is 6.32 Å². The molecule has 0 aliphatic rings. The monoisotopic (exact) mass is 247 g/mol. The molecule has 1 aromatic rings. The van der Waals surface area contributed by atoms with Gasteiger partial charge in [0.05, 0.1) is 26.2 Å². The van der Waals surface area contributed by atoms with Crippen LogP contribution in [-0.2, 0) is 4.79 Å². The van der Waals surface area contributed by atoms with Crippen LogP contribution in [0, 0.1) is 0 Å². The van der Waals surface area contributed by atoms with E-state index in [4.69, 9.17) is 12.6 Å². The van der Waals surface area contributed by atoms with E-state index in [1.54, 1.807) is 18.2 Å². The van der Waals surface area contributed by atoms with Crippen LogP contribution < -0.4 is 10.1 Å². The quantitative estimate of drug-likeness (QED) is 0.420. The highest BCUT2D eigenvalue weighted by molar-refractivity contribution is 6.08. The Balaban J connectivity index is 2.85. The topological polar surface area (TPSA) is 58.6 Å². The van der Waals surface area contributed by atoms with Gasteiger partial charge in [-0.2, -0.15) is 0 Å². The second-order valence-corrected chi connectivity index (χ2v) is 3.97. The van der Waals surface area contributed by atoms with E-state index >= 15 is 0 Å². The summed E-state index contributed by atoms with van der Waals surface area (Å²) in [4.78, 5) is 10.6. The molecule has 0 bridgehead atoms. The molecule has 0 saturated heterocycles. The van der Waals surface area contributed by atoms with Crippen molar-refractivity contribution in [3.8, 4) is 5.75 Å². The summed E-state index contributed by atoms with van der Waals surface area (Å²) in [7, 11) is 5.39. The lowest BCUT2D eigenvalue weighted by molar-refractivity contribution is -0.105. The first kappa shape index (κ1) is 14.6. The van der Waals surface area contributed by atoms with E-state index < -0.39 is 6.10 Å². The van der Waals surface area contributed by atoms with Gasteiger partial charge in [-0.15, -0.1) is 0 Å². The van der Waals surface area contributed by atoms with E-state index in [0.29, 0.717) is 30.0 Å². The highest BCUT2D eigenvalue weighted by atomic mass is 16.5. The van der Waals surface area contributed by atoms with E-state index in [9.17, 15) is 9.90 Å². The van der Waals surface area contributed by atoms with E-state index in [0.717, 1.165) is 12.8 Å². The van der Waals surface area contributed by atoms with E-state index in [1.807, 2.05) is 0 Å². The number of rotatable bonds is 8. The molecule has 18 heavy (non-hydrogen) atoms. The van der Waals surface area contributed by atoms with E-state index in [2.05, 4.69) is 12.2 Å². The maximum atomic E-state index is 10.6. The molecule has 0 fully saturated rings. The summed E-state index contributed by atoms with van der Waals surface area (Å²) in [5, 5.41) is 12.2. The molecule has 2 radical (unpaired) electrons. The molecule has 4 nitrogen and oxygen atoms in total. The van der Waals surface area contributed by atoms with E-state index in [1.165, 1.54) is 0 Å². The molecular formula is C13H18BNO3. The Bertz CT molecular complexity index is 384. The molecule has 96 valence electrons. The van der Waals surface area contributed by atoms with Gasteiger partial charge in [-0.1, -0.05) is 25.7 Å². The molecule has 0 aliphatic heterocycles. The number of benzene rings is 1. The second kappa shape index (κ2) is 7.77. The predicted octanol–water partition coefficient (Wildman–Crippen LogP) is 2.05. The van der Waals surface area contributed by atoms with Gasteiger partial charge in [-0.25, -0.2) is 0 Å². The van der Waals surface area contributed by atoms with Gasteiger partial charge in [0.1, 0.15) is 5.75 Å². The van der Waals surface area contributed by atoms with Gasteiger partial charge in [-0.05, 0) is 24.1 Å². The third-order valence-corrected chi connectivity index (χ3v) is 2.58. The van der Waals surface area contributed by atoms with Crippen LogP contribution in [0.1, 0.15) is 31.4 Å². The van der Waals surface area contributed by atoms with Crippen molar-refractivity contribution in [1.82, 2.24) is 0 Å². The Morgan fingerprint density at radius 3 is 2.94 bits per heavy atom. The van der Waals surface area contributed by atoms with Crippen LogP contribution in [0.3, 0.4) is 0 Å². The molecule has 0 heterocycles. The van der Waals surface area contributed by atoms with Crippen molar-refractivity contribution < 1.29 is 14.6 Å². The Morgan fingerprint density at radius 1 is 1.56 bits per heavy atom. The van der Waals surface area contributed by atoms with E-state index in [-0.39, 0.29) is 6.32 Å². The van der Waals surface area contributed by atoms with Crippen molar-refractivity contribution in [1.29, 1.82) is 0 Å². The summed E-state index contributed by atoms with van der Waals surface area (Å²) in [5.74, 6) is 0.600. The van der Waals surface area contributed by atoms with Gasteiger partial charge in [0.2, 0.25) is 6.41 Å². The number of amides is 1. The third kappa shape index (κ3) is 4.07. The summed E-state index contributed by atoms with van der Waals surface area (Å²) in [6, 6.07) is 5.15.